The number of hydrogen-bond donors (Lipinski definition) is 0. The van der Waals surface area contributed by atoms with E-state index in [0.29, 0.717) is 31.1 Å². The van der Waals surface area contributed by atoms with E-state index < -0.39 is 24.0 Å². The number of likely N-dealkylation sites (tertiary alicyclic amines) is 1. The SMILES string of the molecule is CC1COCCN1C(=O)C1CCCN1C(=O)C(F)(F)F. The molecule has 5 nitrogen and oxygen atoms in total. The summed E-state index contributed by atoms with van der Waals surface area (Å²) in [6.45, 7) is 2.85. The van der Waals surface area contributed by atoms with Crippen LogP contribution in [0.15, 0.2) is 0 Å². The van der Waals surface area contributed by atoms with E-state index in [9.17, 15) is 22.8 Å². The average molecular weight is 294 g/mol. The zero-order valence-electron chi connectivity index (χ0n) is 11.2. The maximum Gasteiger partial charge on any atom is 0.471 e. The van der Waals surface area contributed by atoms with Crippen LogP contribution in [0.3, 0.4) is 0 Å². The van der Waals surface area contributed by atoms with Crippen LogP contribution in [0.1, 0.15) is 19.8 Å². The molecular formula is C12H17F3N2O3. The van der Waals surface area contributed by atoms with Crippen molar-refractivity contribution in [3.8, 4) is 0 Å². The van der Waals surface area contributed by atoms with Gasteiger partial charge in [0.2, 0.25) is 5.91 Å². The second-order valence-corrected chi connectivity index (χ2v) is 5.11. The summed E-state index contributed by atoms with van der Waals surface area (Å²) in [6.07, 6.45) is -4.23. The van der Waals surface area contributed by atoms with Crippen molar-refractivity contribution in [3.05, 3.63) is 0 Å². The van der Waals surface area contributed by atoms with E-state index in [2.05, 4.69) is 0 Å². The second kappa shape index (κ2) is 5.59. The Morgan fingerprint density at radius 2 is 1.90 bits per heavy atom. The minimum Gasteiger partial charge on any atom is -0.377 e. The molecule has 0 aliphatic carbocycles. The molecule has 2 saturated heterocycles. The molecule has 8 heteroatoms. The molecule has 2 fully saturated rings. The van der Waals surface area contributed by atoms with Crippen LogP contribution >= 0.6 is 0 Å². The van der Waals surface area contributed by atoms with Crippen molar-refractivity contribution >= 4 is 11.8 Å². The van der Waals surface area contributed by atoms with Crippen molar-refractivity contribution in [2.24, 2.45) is 0 Å². The summed E-state index contributed by atoms with van der Waals surface area (Å²) in [7, 11) is 0. The largest absolute Gasteiger partial charge is 0.471 e. The molecular weight excluding hydrogens is 277 g/mol. The lowest BCUT2D eigenvalue weighted by molar-refractivity contribution is -0.187. The van der Waals surface area contributed by atoms with Crippen LogP contribution in [-0.4, -0.2) is 66.2 Å². The van der Waals surface area contributed by atoms with E-state index in [0.717, 1.165) is 0 Å². The summed E-state index contributed by atoms with van der Waals surface area (Å²) in [6, 6.07) is -1.18. The van der Waals surface area contributed by atoms with Crippen LogP contribution in [0.2, 0.25) is 0 Å². The Labute approximate surface area is 114 Å². The van der Waals surface area contributed by atoms with Gasteiger partial charge in [-0.1, -0.05) is 0 Å². The third-order valence-electron chi connectivity index (χ3n) is 3.69. The lowest BCUT2D eigenvalue weighted by Crippen LogP contribution is -2.55. The number of rotatable bonds is 1. The summed E-state index contributed by atoms with van der Waals surface area (Å²) >= 11 is 0. The number of ether oxygens (including phenoxy) is 1. The number of morpholine rings is 1. The van der Waals surface area contributed by atoms with E-state index >= 15 is 0 Å². The highest BCUT2D eigenvalue weighted by Gasteiger charge is 2.48. The van der Waals surface area contributed by atoms with Gasteiger partial charge in [0.1, 0.15) is 6.04 Å². The van der Waals surface area contributed by atoms with Gasteiger partial charge in [-0.2, -0.15) is 13.2 Å². The molecule has 0 aromatic carbocycles. The smallest absolute Gasteiger partial charge is 0.377 e. The van der Waals surface area contributed by atoms with Crippen molar-refractivity contribution < 1.29 is 27.5 Å². The molecule has 0 aromatic rings. The van der Waals surface area contributed by atoms with Crippen molar-refractivity contribution in [2.45, 2.75) is 38.0 Å². The van der Waals surface area contributed by atoms with Crippen LogP contribution in [0.25, 0.3) is 0 Å². The maximum absolute atomic E-state index is 12.5. The molecule has 0 bridgehead atoms. The minimum absolute atomic E-state index is 0.0204. The van der Waals surface area contributed by atoms with Gasteiger partial charge >= 0.3 is 12.1 Å². The zero-order chi connectivity index (χ0) is 14.9. The quantitative estimate of drug-likeness (QED) is 0.718. The Bertz CT molecular complexity index is 400. The molecule has 2 amide bonds. The van der Waals surface area contributed by atoms with Gasteiger partial charge in [0.15, 0.2) is 0 Å². The van der Waals surface area contributed by atoms with Crippen LogP contribution in [-0.2, 0) is 14.3 Å². The lowest BCUT2D eigenvalue weighted by atomic mass is 10.1. The summed E-state index contributed by atoms with van der Waals surface area (Å²) in [4.78, 5) is 25.9. The van der Waals surface area contributed by atoms with Crippen LogP contribution in [0.4, 0.5) is 13.2 Å². The van der Waals surface area contributed by atoms with E-state index in [-0.39, 0.29) is 19.0 Å². The topological polar surface area (TPSA) is 49.9 Å². The first-order valence-corrected chi connectivity index (χ1v) is 6.58. The number of carbonyl (C=O) groups is 2. The van der Waals surface area contributed by atoms with Crippen LogP contribution in [0, 0.1) is 0 Å². The molecule has 2 rings (SSSR count). The Morgan fingerprint density at radius 1 is 1.20 bits per heavy atom. The highest BCUT2D eigenvalue weighted by Crippen LogP contribution is 2.27. The zero-order valence-corrected chi connectivity index (χ0v) is 11.2. The van der Waals surface area contributed by atoms with Crippen molar-refractivity contribution in [1.82, 2.24) is 9.80 Å². The molecule has 0 aromatic heterocycles. The predicted octanol–water partition coefficient (Wildman–Crippen LogP) is 0.787. The predicted molar refractivity (Wildman–Crippen MR) is 62.8 cm³/mol. The minimum atomic E-state index is -4.93. The molecule has 0 radical (unpaired) electrons. The fraction of sp³-hybridized carbons (Fsp3) is 0.833. The van der Waals surface area contributed by atoms with Crippen LogP contribution in [0.5, 0.6) is 0 Å². The number of nitrogens with zero attached hydrogens (tertiary/aromatic N) is 2. The highest BCUT2D eigenvalue weighted by molar-refractivity contribution is 5.90. The number of hydrogen-bond acceptors (Lipinski definition) is 3. The first kappa shape index (κ1) is 15.1. The third-order valence-corrected chi connectivity index (χ3v) is 3.69. The third kappa shape index (κ3) is 2.89. The number of halogens is 3. The van der Waals surface area contributed by atoms with Gasteiger partial charge in [-0.3, -0.25) is 9.59 Å². The van der Waals surface area contributed by atoms with Gasteiger partial charge < -0.3 is 14.5 Å². The number of alkyl halides is 3. The summed E-state index contributed by atoms with van der Waals surface area (Å²) in [5.41, 5.74) is 0. The fourth-order valence-electron chi connectivity index (χ4n) is 2.68. The Morgan fingerprint density at radius 3 is 2.50 bits per heavy atom. The summed E-state index contributed by atoms with van der Waals surface area (Å²) < 4.78 is 42.8. The Kier molecular flexibility index (Phi) is 4.22. The molecule has 0 saturated carbocycles. The normalized spacial score (nSPS) is 27.8. The first-order valence-electron chi connectivity index (χ1n) is 6.58. The van der Waals surface area contributed by atoms with Gasteiger partial charge in [-0.15, -0.1) is 0 Å². The first-order chi connectivity index (χ1) is 9.32. The number of amides is 2. The molecule has 2 heterocycles. The van der Waals surface area contributed by atoms with E-state index in [1.54, 1.807) is 6.92 Å². The lowest BCUT2D eigenvalue weighted by Gasteiger charge is -2.37. The molecule has 2 atom stereocenters. The van der Waals surface area contributed by atoms with E-state index in [1.165, 1.54) is 4.90 Å². The molecule has 0 spiro atoms. The standard InChI is InChI=1S/C12H17F3N2O3/c1-8-7-20-6-5-16(8)10(18)9-3-2-4-17(9)11(19)12(13,14)15/h8-9H,2-7H2,1H3. The monoisotopic (exact) mass is 294 g/mol. The van der Waals surface area contributed by atoms with Gasteiger partial charge in [0.25, 0.3) is 0 Å². The van der Waals surface area contributed by atoms with Gasteiger partial charge in [0, 0.05) is 13.1 Å². The summed E-state index contributed by atoms with van der Waals surface area (Å²) in [5.74, 6) is -2.33. The van der Waals surface area contributed by atoms with Crippen molar-refractivity contribution in [3.63, 3.8) is 0 Å². The van der Waals surface area contributed by atoms with Crippen molar-refractivity contribution in [1.29, 1.82) is 0 Å². The Hall–Kier alpha value is -1.31. The van der Waals surface area contributed by atoms with Crippen LogP contribution < -0.4 is 0 Å². The molecule has 2 unspecified atom stereocenters. The maximum atomic E-state index is 12.5. The second-order valence-electron chi connectivity index (χ2n) is 5.11. The van der Waals surface area contributed by atoms with E-state index in [4.69, 9.17) is 4.74 Å². The van der Waals surface area contributed by atoms with Gasteiger partial charge in [0.05, 0.1) is 19.3 Å². The number of carbonyl (C=O) groups excluding carboxylic acids is 2. The fourth-order valence-corrected chi connectivity index (χ4v) is 2.68. The molecule has 2 aliphatic heterocycles. The van der Waals surface area contributed by atoms with Gasteiger partial charge in [-0.25, -0.2) is 0 Å². The van der Waals surface area contributed by atoms with Gasteiger partial charge in [-0.05, 0) is 19.8 Å². The molecule has 2 aliphatic rings. The molecule has 20 heavy (non-hydrogen) atoms. The molecule has 0 N–H and O–H groups in total. The Balaban J connectivity index is 2.10. The average Bonchev–Trinajstić information content (AvgIpc) is 2.85. The highest BCUT2D eigenvalue weighted by atomic mass is 19.4. The summed E-state index contributed by atoms with van der Waals surface area (Å²) in [5, 5.41) is 0. The van der Waals surface area contributed by atoms with Crippen molar-refractivity contribution in [2.75, 3.05) is 26.3 Å². The molecule has 114 valence electrons. The van der Waals surface area contributed by atoms with E-state index in [1.807, 2.05) is 0 Å².